The average Bonchev–Trinajstić information content (AvgIpc) is 2.22. The van der Waals surface area contributed by atoms with Crippen molar-refractivity contribution in [3.63, 3.8) is 0 Å². The van der Waals surface area contributed by atoms with Gasteiger partial charge in [-0.2, -0.15) is 0 Å². The van der Waals surface area contributed by atoms with Crippen LogP contribution < -0.4 is 11.1 Å². The van der Waals surface area contributed by atoms with Crippen LogP contribution in [0.4, 0.5) is 0 Å². The van der Waals surface area contributed by atoms with E-state index in [2.05, 4.69) is 12.2 Å². The van der Waals surface area contributed by atoms with Crippen LogP contribution in [0.3, 0.4) is 0 Å². The third-order valence-corrected chi connectivity index (χ3v) is 3.09. The first-order chi connectivity index (χ1) is 7.08. The molecule has 1 atom stereocenters. The van der Waals surface area contributed by atoms with Crippen LogP contribution in [0, 0.1) is 5.41 Å². The van der Waals surface area contributed by atoms with Gasteiger partial charge in [0.15, 0.2) is 0 Å². The van der Waals surface area contributed by atoms with E-state index in [0.29, 0.717) is 5.71 Å². The third kappa shape index (κ3) is 4.71. The molecule has 0 saturated carbocycles. The fraction of sp³-hybridized carbons (Fsp3) is 0.727. The summed E-state index contributed by atoms with van der Waals surface area (Å²) in [5, 5.41) is 11.8. The summed E-state index contributed by atoms with van der Waals surface area (Å²) in [5.41, 5.74) is 7.45. The van der Waals surface area contributed by atoms with Crippen LogP contribution in [0.25, 0.3) is 0 Å². The molecule has 0 aliphatic heterocycles. The Morgan fingerprint density at radius 2 is 2.13 bits per heavy atom. The minimum absolute atomic E-state index is 0.217. The highest BCUT2D eigenvalue weighted by atomic mass is 32.2. The summed E-state index contributed by atoms with van der Waals surface area (Å²) in [6.45, 7) is 3.97. The molecule has 4 N–H and O–H groups in total. The van der Waals surface area contributed by atoms with E-state index in [4.69, 9.17) is 11.1 Å². The van der Waals surface area contributed by atoms with Crippen molar-refractivity contribution in [2.24, 2.45) is 5.73 Å². The number of nitrogens with two attached hydrogens (primary N) is 1. The standard InChI is InChI=1S/C11H23N3S/c1-5-6-7-9(14-3)10(8(2)12)11(13)15-4/h9,12,14H,5-7,13H2,1-4H3/b11-10-,12-8?. The molecule has 0 radical (unpaired) electrons. The quantitative estimate of drug-likeness (QED) is 0.587. The summed E-state index contributed by atoms with van der Waals surface area (Å²) in [5.74, 6) is 0. The van der Waals surface area contributed by atoms with Gasteiger partial charge in [0.25, 0.3) is 0 Å². The van der Waals surface area contributed by atoms with Gasteiger partial charge in [-0.15, -0.1) is 11.8 Å². The van der Waals surface area contributed by atoms with E-state index >= 15 is 0 Å². The second-order valence-electron chi connectivity index (χ2n) is 3.59. The molecular weight excluding hydrogens is 206 g/mol. The van der Waals surface area contributed by atoms with Crippen molar-refractivity contribution in [1.29, 1.82) is 5.41 Å². The van der Waals surface area contributed by atoms with E-state index in [-0.39, 0.29) is 6.04 Å². The summed E-state index contributed by atoms with van der Waals surface area (Å²) < 4.78 is 0. The average molecular weight is 229 g/mol. The number of unbranched alkanes of at least 4 members (excludes halogenated alkanes) is 1. The van der Waals surface area contributed by atoms with Crippen LogP contribution in [0.1, 0.15) is 33.1 Å². The van der Waals surface area contributed by atoms with E-state index < -0.39 is 0 Å². The molecule has 0 rings (SSSR count). The Kier molecular flexibility index (Phi) is 7.52. The smallest absolute Gasteiger partial charge is 0.0719 e. The Morgan fingerprint density at radius 1 is 1.53 bits per heavy atom. The molecule has 0 aliphatic rings. The first-order valence-electron chi connectivity index (χ1n) is 5.34. The van der Waals surface area contributed by atoms with Crippen molar-refractivity contribution in [2.45, 2.75) is 39.2 Å². The number of hydrogen-bond donors (Lipinski definition) is 3. The Hall–Kier alpha value is -0.480. The maximum Gasteiger partial charge on any atom is 0.0719 e. The summed E-state index contributed by atoms with van der Waals surface area (Å²) >= 11 is 1.51. The van der Waals surface area contributed by atoms with Gasteiger partial charge in [-0.1, -0.05) is 19.8 Å². The highest BCUT2D eigenvalue weighted by Gasteiger charge is 2.16. The topological polar surface area (TPSA) is 61.9 Å². The van der Waals surface area contributed by atoms with Crippen LogP contribution in [-0.4, -0.2) is 25.1 Å². The zero-order valence-electron chi connectivity index (χ0n) is 10.2. The molecule has 0 aromatic carbocycles. The van der Waals surface area contributed by atoms with Crippen molar-refractivity contribution in [3.8, 4) is 0 Å². The molecule has 15 heavy (non-hydrogen) atoms. The summed E-state index contributed by atoms with van der Waals surface area (Å²) in [7, 11) is 1.93. The molecule has 0 fully saturated rings. The SMILES string of the molecule is CCCCC(NC)/C(C(C)=N)=C(/N)SC. The molecule has 0 heterocycles. The van der Waals surface area contributed by atoms with Gasteiger partial charge in [-0.3, -0.25) is 0 Å². The fourth-order valence-corrected chi connectivity index (χ4v) is 2.08. The lowest BCUT2D eigenvalue weighted by Gasteiger charge is -2.20. The molecule has 4 heteroatoms. The Bertz CT molecular complexity index is 236. The second kappa shape index (κ2) is 7.77. The van der Waals surface area contributed by atoms with Crippen LogP contribution in [0.2, 0.25) is 0 Å². The Labute approximate surface area is 97.4 Å². The highest BCUT2D eigenvalue weighted by Crippen LogP contribution is 2.19. The third-order valence-electron chi connectivity index (χ3n) is 2.43. The second-order valence-corrected chi connectivity index (χ2v) is 4.44. The van der Waals surface area contributed by atoms with Crippen LogP contribution in [0.5, 0.6) is 0 Å². The van der Waals surface area contributed by atoms with E-state index in [1.54, 1.807) is 6.92 Å². The molecule has 0 amide bonds. The van der Waals surface area contributed by atoms with Crippen LogP contribution in [0.15, 0.2) is 10.6 Å². The van der Waals surface area contributed by atoms with E-state index in [1.807, 2.05) is 13.3 Å². The maximum absolute atomic E-state index is 7.76. The largest absolute Gasteiger partial charge is 0.393 e. The van der Waals surface area contributed by atoms with Crippen LogP contribution in [-0.2, 0) is 0 Å². The molecule has 1 unspecified atom stereocenters. The normalized spacial score (nSPS) is 14.7. The predicted octanol–water partition coefficient (Wildman–Crippen LogP) is 2.34. The van der Waals surface area contributed by atoms with Crippen molar-refractivity contribution >= 4 is 17.5 Å². The number of thioether (sulfide) groups is 1. The maximum atomic E-state index is 7.76. The molecule has 0 saturated heterocycles. The van der Waals surface area contributed by atoms with Crippen LogP contribution >= 0.6 is 11.8 Å². The molecule has 0 aromatic rings. The molecule has 0 aliphatic carbocycles. The van der Waals surface area contributed by atoms with Gasteiger partial charge in [0.2, 0.25) is 0 Å². The van der Waals surface area contributed by atoms with Gasteiger partial charge in [0, 0.05) is 17.3 Å². The number of rotatable bonds is 7. The van der Waals surface area contributed by atoms with Gasteiger partial charge in [0.1, 0.15) is 0 Å². The molecule has 3 nitrogen and oxygen atoms in total. The molecule has 88 valence electrons. The zero-order chi connectivity index (χ0) is 11.8. The van der Waals surface area contributed by atoms with Gasteiger partial charge in [0.05, 0.1) is 5.03 Å². The summed E-state index contributed by atoms with van der Waals surface area (Å²) in [6.07, 6.45) is 5.32. The number of likely N-dealkylation sites (N-methyl/N-ethyl adjacent to an activating group) is 1. The Balaban J connectivity index is 4.79. The fourth-order valence-electron chi connectivity index (χ4n) is 1.57. The van der Waals surface area contributed by atoms with Crippen molar-refractivity contribution in [3.05, 3.63) is 10.6 Å². The number of nitrogens with one attached hydrogen (secondary N) is 2. The minimum atomic E-state index is 0.217. The summed E-state index contributed by atoms with van der Waals surface area (Å²) in [4.78, 5) is 0. The van der Waals surface area contributed by atoms with Gasteiger partial charge in [-0.25, -0.2) is 0 Å². The van der Waals surface area contributed by atoms with E-state index in [9.17, 15) is 0 Å². The lowest BCUT2D eigenvalue weighted by atomic mass is 9.99. The number of hydrogen-bond acceptors (Lipinski definition) is 4. The first kappa shape index (κ1) is 14.5. The highest BCUT2D eigenvalue weighted by molar-refractivity contribution is 8.02. The minimum Gasteiger partial charge on any atom is -0.393 e. The predicted molar refractivity (Wildman–Crippen MR) is 70.5 cm³/mol. The summed E-state index contributed by atoms with van der Waals surface area (Å²) in [6, 6.07) is 0.217. The first-order valence-corrected chi connectivity index (χ1v) is 6.57. The molecule has 0 bridgehead atoms. The lowest BCUT2D eigenvalue weighted by molar-refractivity contribution is 0.566. The molecule has 0 aromatic heterocycles. The molecular formula is C11H23N3S. The van der Waals surface area contributed by atoms with E-state index in [0.717, 1.165) is 23.4 Å². The van der Waals surface area contributed by atoms with Crippen molar-refractivity contribution in [1.82, 2.24) is 5.32 Å². The monoisotopic (exact) mass is 229 g/mol. The Morgan fingerprint density at radius 3 is 2.47 bits per heavy atom. The van der Waals surface area contributed by atoms with Gasteiger partial charge in [-0.05, 0) is 26.6 Å². The van der Waals surface area contributed by atoms with Crippen molar-refractivity contribution in [2.75, 3.05) is 13.3 Å². The molecule has 0 spiro atoms. The van der Waals surface area contributed by atoms with Gasteiger partial charge < -0.3 is 16.5 Å². The zero-order valence-corrected chi connectivity index (χ0v) is 11.0. The lowest BCUT2D eigenvalue weighted by Crippen LogP contribution is -2.32. The van der Waals surface area contributed by atoms with E-state index in [1.165, 1.54) is 18.2 Å². The van der Waals surface area contributed by atoms with Crippen molar-refractivity contribution < 1.29 is 0 Å². The van der Waals surface area contributed by atoms with Gasteiger partial charge >= 0.3 is 0 Å².